The standard InChI is InChI=1S/C15H26N4O/c1-5-13(16)14(12-7-6-8-18-9-12)19(4)10-11(2)15(20)17-3/h6-9,11,13-14H,5,10,16H2,1-4H3,(H,17,20). The summed E-state index contributed by atoms with van der Waals surface area (Å²) in [5.41, 5.74) is 7.36. The van der Waals surface area contributed by atoms with Crippen LogP contribution in [0.25, 0.3) is 0 Å². The highest BCUT2D eigenvalue weighted by molar-refractivity contribution is 5.78. The van der Waals surface area contributed by atoms with Gasteiger partial charge < -0.3 is 11.1 Å². The number of amides is 1. The van der Waals surface area contributed by atoms with Crippen molar-refractivity contribution in [2.45, 2.75) is 32.4 Å². The number of nitrogens with zero attached hydrogens (tertiary/aromatic N) is 2. The van der Waals surface area contributed by atoms with Crippen LogP contribution < -0.4 is 11.1 Å². The van der Waals surface area contributed by atoms with Crippen molar-refractivity contribution >= 4 is 5.91 Å². The maximum atomic E-state index is 11.7. The fourth-order valence-electron chi connectivity index (χ4n) is 2.48. The van der Waals surface area contributed by atoms with E-state index < -0.39 is 0 Å². The normalized spacial score (nSPS) is 15.7. The number of hydrogen-bond donors (Lipinski definition) is 2. The second-order valence-corrected chi connectivity index (χ2v) is 5.26. The van der Waals surface area contributed by atoms with Gasteiger partial charge in [0.05, 0.1) is 6.04 Å². The molecule has 5 heteroatoms. The molecule has 20 heavy (non-hydrogen) atoms. The Labute approximate surface area is 121 Å². The molecule has 0 bridgehead atoms. The van der Waals surface area contributed by atoms with Gasteiger partial charge in [-0.05, 0) is 25.1 Å². The van der Waals surface area contributed by atoms with Crippen LogP contribution in [-0.2, 0) is 4.79 Å². The lowest BCUT2D eigenvalue weighted by Crippen LogP contribution is -2.42. The van der Waals surface area contributed by atoms with Crippen molar-refractivity contribution in [2.24, 2.45) is 11.7 Å². The lowest BCUT2D eigenvalue weighted by Gasteiger charge is -2.33. The summed E-state index contributed by atoms with van der Waals surface area (Å²) < 4.78 is 0. The van der Waals surface area contributed by atoms with E-state index in [1.807, 2.05) is 32.3 Å². The molecule has 112 valence electrons. The first-order chi connectivity index (χ1) is 9.51. The smallest absolute Gasteiger partial charge is 0.223 e. The van der Waals surface area contributed by atoms with Gasteiger partial charge in [0.25, 0.3) is 0 Å². The molecule has 0 saturated carbocycles. The second-order valence-electron chi connectivity index (χ2n) is 5.26. The van der Waals surface area contributed by atoms with E-state index in [9.17, 15) is 4.79 Å². The Bertz CT molecular complexity index is 410. The predicted molar refractivity (Wildman–Crippen MR) is 81.1 cm³/mol. The zero-order chi connectivity index (χ0) is 15.1. The number of carbonyl (C=O) groups is 1. The molecular formula is C15H26N4O. The SMILES string of the molecule is CCC(N)C(c1cccnc1)N(C)CC(C)C(=O)NC. The van der Waals surface area contributed by atoms with Gasteiger partial charge in [0.2, 0.25) is 5.91 Å². The van der Waals surface area contributed by atoms with Gasteiger partial charge in [0.15, 0.2) is 0 Å². The van der Waals surface area contributed by atoms with Crippen LogP contribution in [0.4, 0.5) is 0 Å². The van der Waals surface area contributed by atoms with E-state index >= 15 is 0 Å². The summed E-state index contributed by atoms with van der Waals surface area (Å²) in [5, 5.41) is 2.68. The molecule has 1 rings (SSSR count). The summed E-state index contributed by atoms with van der Waals surface area (Å²) in [6.07, 6.45) is 4.48. The van der Waals surface area contributed by atoms with Gasteiger partial charge in [0, 0.05) is 37.9 Å². The van der Waals surface area contributed by atoms with Crippen molar-refractivity contribution in [3.8, 4) is 0 Å². The van der Waals surface area contributed by atoms with E-state index in [4.69, 9.17) is 5.73 Å². The minimum atomic E-state index is -0.0757. The monoisotopic (exact) mass is 278 g/mol. The highest BCUT2D eigenvalue weighted by Gasteiger charge is 2.25. The summed E-state index contributed by atoms with van der Waals surface area (Å²) >= 11 is 0. The summed E-state index contributed by atoms with van der Waals surface area (Å²) in [6, 6.07) is 4.04. The molecule has 1 aromatic heterocycles. The summed E-state index contributed by atoms with van der Waals surface area (Å²) in [5.74, 6) is -0.0277. The Hall–Kier alpha value is -1.46. The number of hydrogen-bond acceptors (Lipinski definition) is 4. The van der Waals surface area contributed by atoms with Gasteiger partial charge in [-0.15, -0.1) is 0 Å². The molecule has 1 amide bonds. The van der Waals surface area contributed by atoms with E-state index in [0.29, 0.717) is 6.54 Å². The first-order valence-electron chi connectivity index (χ1n) is 7.08. The van der Waals surface area contributed by atoms with E-state index in [1.54, 1.807) is 13.2 Å². The van der Waals surface area contributed by atoms with Crippen molar-refractivity contribution in [3.63, 3.8) is 0 Å². The number of pyridine rings is 1. The Kier molecular flexibility index (Phi) is 6.61. The molecule has 0 aromatic carbocycles. The Balaban J connectivity index is 2.86. The van der Waals surface area contributed by atoms with Crippen molar-refractivity contribution < 1.29 is 4.79 Å². The lowest BCUT2D eigenvalue weighted by atomic mass is 9.97. The number of rotatable bonds is 7. The van der Waals surface area contributed by atoms with Gasteiger partial charge in [-0.2, -0.15) is 0 Å². The number of nitrogens with two attached hydrogens (primary N) is 1. The molecule has 3 N–H and O–H groups in total. The minimum Gasteiger partial charge on any atom is -0.359 e. The highest BCUT2D eigenvalue weighted by atomic mass is 16.1. The maximum Gasteiger partial charge on any atom is 0.223 e. The van der Waals surface area contributed by atoms with Crippen LogP contribution in [0, 0.1) is 5.92 Å². The topological polar surface area (TPSA) is 71.2 Å². The van der Waals surface area contributed by atoms with Crippen molar-refractivity contribution in [3.05, 3.63) is 30.1 Å². The van der Waals surface area contributed by atoms with E-state index in [-0.39, 0.29) is 23.9 Å². The molecule has 0 fully saturated rings. The summed E-state index contributed by atoms with van der Waals surface area (Å²) in [6.45, 7) is 4.66. The zero-order valence-electron chi connectivity index (χ0n) is 12.8. The third-order valence-electron chi connectivity index (χ3n) is 3.63. The molecule has 3 atom stereocenters. The van der Waals surface area contributed by atoms with Crippen molar-refractivity contribution in [1.29, 1.82) is 0 Å². The Morgan fingerprint density at radius 2 is 2.25 bits per heavy atom. The van der Waals surface area contributed by atoms with Gasteiger partial charge in [-0.1, -0.05) is 19.9 Å². The molecule has 0 saturated heterocycles. The highest BCUT2D eigenvalue weighted by Crippen LogP contribution is 2.24. The molecule has 0 radical (unpaired) electrons. The minimum absolute atomic E-state index is 0.0149. The Morgan fingerprint density at radius 3 is 2.75 bits per heavy atom. The molecule has 5 nitrogen and oxygen atoms in total. The van der Waals surface area contributed by atoms with E-state index in [1.165, 1.54) is 0 Å². The molecule has 1 heterocycles. The van der Waals surface area contributed by atoms with Crippen LogP contribution >= 0.6 is 0 Å². The average Bonchev–Trinajstić information content (AvgIpc) is 2.47. The van der Waals surface area contributed by atoms with Crippen molar-refractivity contribution in [1.82, 2.24) is 15.2 Å². The molecule has 3 unspecified atom stereocenters. The molecule has 0 spiro atoms. The molecular weight excluding hydrogens is 252 g/mol. The third kappa shape index (κ3) is 4.28. The number of likely N-dealkylation sites (N-methyl/N-ethyl adjacent to an activating group) is 1. The number of nitrogens with one attached hydrogen (secondary N) is 1. The second kappa shape index (κ2) is 7.97. The van der Waals surface area contributed by atoms with Crippen LogP contribution in [-0.4, -0.2) is 42.5 Å². The fraction of sp³-hybridized carbons (Fsp3) is 0.600. The first-order valence-corrected chi connectivity index (χ1v) is 7.08. The van der Waals surface area contributed by atoms with E-state index in [0.717, 1.165) is 12.0 Å². The number of carbonyl (C=O) groups excluding carboxylic acids is 1. The van der Waals surface area contributed by atoms with Crippen molar-refractivity contribution in [2.75, 3.05) is 20.6 Å². The van der Waals surface area contributed by atoms with Crippen LogP contribution in [0.15, 0.2) is 24.5 Å². The largest absolute Gasteiger partial charge is 0.359 e. The molecule has 1 aromatic rings. The predicted octanol–water partition coefficient (Wildman–Crippen LogP) is 1.17. The van der Waals surface area contributed by atoms with Gasteiger partial charge in [0.1, 0.15) is 0 Å². The summed E-state index contributed by atoms with van der Waals surface area (Å²) in [4.78, 5) is 18.0. The van der Waals surface area contributed by atoms with Crippen LogP contribution in [0.1, 0.15) is 31.9 Å². The zero-order valence-corrected chi connectivity index (χ0v) is 12.8. The molecule has 0 aliphatic rings. The quantitative estimate of drug-likeness (QED) is 0.785. The third-order valence-corrected chi connectivity index (χ3v) is 3.63. The molecule has 0 aliphatic carbocycles. The van der Waals surface area contributed by atoms with Gasteiger partial charge in [-0.3, -0.25) is 14.7 Å². The first kappa shape index (κ1) is 16.6. The van der Waals surface area contributed by atoms with Crippen LogP contribution in [0.3, 0.4) is 0 Å². The fourth-order valence-corrected chi connectivity index (χ4v) is 2.48. The number of aromatic nitrogens is 1. The average molecular weight is 278 g/mol. The van der Waals surface area contributed by atoms with Crippen LogP contribution in [0.5, 0.6) is 0 Å². The van der Waals surface area contributed by atoms with E-state index in [2.05, 4.69) is 22.1 Å². The maximum absolute atomic E-state index is 11.7. The van der Waals surface area contributed by atoms with Crippen LogP contribution in [0.2, 0.25) is 0 Å². The lowest BCUT2D eigenvalue weighted by molar-refractivity contribution is -0.124. The Morgan fingerprint density at radius 1 is 1.55 bits per heavy atom. The molecule has 0 aliphatic heterocycles. The van der Waals surface area contributed by atoms with Gasteiger partial charge >= 0.3 is 0 Å². The van der Waals surface area contributed by atoms with Gasteiger partial charge in [-0.25, -0.2) is 0 Å². The summed E-state index contributed by atoms with van der Waals surface area (Å²) in [7, 11) is 3.67.